The van der Waals surface area contributed by atoms with E-state index in [4.69, 9.17) is 23.2 Å². The summed E-state index contributed by atoms with van der Waals surface area (Å²) in [6, 6.07) is 17.8. The number of halogens is 2. The van der Waals surface area contributed by atoms with Gasteiger partial charge in [-0.15, -0.1) is 0 Å². The van der Waals surface area contributed by atoms with Gasteiger partial charge in [0.2, 0.25) is 0 Å². The van der Waals surface area contributed by atoms with E-state index >= 15 is 0 Å². The first-order valence-corrected chi connectivity index (χ1v) is 6.88. The summed E-state index contributed by atoms with van der Waals surface area (Å²) in [6.07, 6.45) is -2.10. The van der Waals surface area contributed by atoms with Crippen molar-refractivity contribution in [1.82, 2.24) is 0 Å². The molecule has 0 bridgehead atoms. The maximum atomic E-state index is 10.2. The first-order chi connectivity index (χ1) is 9.61. The third-order valence-corrected chi connectivity index (χ3v) is 3.86. The van der Waals surface area contributed by atoms with Crippen molar-refractivity contribution >= 4 is 23.2 Å². The zero-order valence-electron chi connectivity index (χ0n) is 10.6. The maximum absolute atomic E-state index is 10.2. The van der Waals surface area contributed by atoms with Gasteiger partial charge in [-0.1, -0.05) is 83.9 Å². The second kappa shape index (κ2) is 6.91. The molecule has 0 aliphatic carbocycles. The van der Waals surface area contributed by atoms with Gasteiger partial charge < -0.3 is 10.2 Å². The van der Waals surface area contributed by atoms with Crippen LogP contribution in [-0.4, -0.2) is 10.2 Å². The van der Waals surface area contributed by atoms with Crippen LogP contribution in [0, 0.1) is 0 Å². The van der Waals surface area contributed by atoms with Crippen molar-refractivity contribution in [1.29, 1.82) is 0 Å². The van der Waals surface area contributed by atoms with Crippen LogP contribution >= 0.6 is 23.2 Å². The minimum absolute atomic E-state index is 0.0224. The summed E-state index contributed by atoms with van der Waals surface area (Å²) in [7, 11) is 0. The van der Waals surface area contributed by atoms with Gasteiger partial charge >= 0.3 is 0 Å². The zero-order valence-corrected chi connectivity index (χ0v) is 12.1. The van der Waals surface area contributed by atoms with Gasteiger partial charge in [-0.3, -0.25) is 0 Å². The van der Waals surface area contributed by atoms with Crippen LogP contribution in [-0.2, 0) is 0 Å². The number of aliphatic hydroxyl groups excluding tert-OH is 2. The van der Waals surface area contributed by atoms with Gasteiger partial charge in [-0.05, 0) is 11.1 Å². The molecular weight excluding hydrogens is 295 g/mol. The molecule has 2 unspecified atom stereocenters. The second-order valence-electron chi connectivity index (χ2n) is 4.32. The molecule has 0 aliphatic rings. The molecule has 20 heavy (non-hydrogen) atoms. The van der Waals surface area contributed by atoms with Gasteiger partial charge in [-0.2, -0.15) is 0 Å². The van der Waals surface area contributed by atoms with Crippen LogP contribution in [0.3, 0.4) is 0 Å². The lowest BCUT2D eigenvalue weighted by Gasteiger charge is -2.16. The summed E-state index contributed by atoms with van der Waals surface area (Å²) in [6.45, 7) is 0. The van der Waals surface area contributed by atoms with Crippen LogP contribution in [0.2, 0.25) is 0 Å². The minimum Gasteiger partial charge on any atom is -0.383 e. The van der Waals surface area contributed by atoms with E-state index < -0.39 is 12.2 Å². The highest BCUT2D eigenvalue weighted by molar-refractivity contribution is 6.39. The molecule has 4 heteroatoms. The summed E-state index contributed by atoms with van der Waals surface area (Å²) < 4.78 is 0. The van der Waals surface area contributed by atoms with Gasteiger partial charge in [-0.25, -0.2) is 0 Å². The Morgan fingerprint density at radius 1 is 0.650 bits per heavy atom. The fraction of sp³-hybridized carbons (Fsp3) is 0.125. The van der Waals surface area contributed by atoms with E-state index in [1.54, 1.807) is 48.5 Å². The minimum atomic E-state index is -1.05. The molecule has 0 fully saturated rings. The molecule has 2 aromatic rings. The monoisotopic (exact) mass is 308 g/mol. The Balaban J connectivity index is 2.27. The summed E-state index contributed by atoms with van der Waals surface area (Å²) in [5, 5.41) is 20.4. The van der Waals surface area contributed by atoms with Crippen molar-refractivity contribution in [3.63, 3.8) is 0 Å². The maximum Gasteiger partial charge on any atom is 0.116 e. The van der Waals surface area contributed by atoms with Crippen molar-refractivity contribution in [2.45, 2.75) is 12.2 Å². The van der Waals surface area contributed by atoms with Crippen LogP contribution in [0.5, 0.6) is 0 Å². The smallest absolute Gasteiger partial charge is 0.116 e. The molecule has 0 radical (unpaired) electrons. The first kappa shape index (κ1) is 15.1. The van der Waals surface area contributed by atoms with Crippen LogP contribution in [0.1, 0.15) is 23.3 Å². The van der Waals surface area contributed by atoms with E-state index in [0.717, 1.165) is 0 Å². The van der Waals surface area contributed by atoms with Crippen molar-refractivity contribution in [2.75, 3.05) is 0 Å². The van der Waals surface area contributed by atoms with Crippen LogP contribution < -0.4 is 0 Å². The Morgan fingerprint density at radius 3 is 1.25 bits per heavy atom. The number of aliphatic hydroxyl groups is 2. The molecular formula is C16H14Cl2O2. The highest BCUT2D eigenvalue weighted by atomic mass is 35.5. The quantitative estimate of drug-likeness (QED) is 0.891. The lowest BCUT2D eigenvalue weighted by Crippen LogP contribution is -2.04. The molecule has 2 aromatic carbocycles. The van der Waals surface area contributed by atoms with Crippen LogP contribution in [0.15, 0.2) is 70.7 Å². The van der Waals surface area contributed by atoms with E-state index in [0.29, 0.717) is 11.1 Å². The number of benzene rings is 2. The number of hydrogen-bond acceptors (Lipinski definition) is 2. The molecule has 104 valence electrons. The van der Waals surface area contributed by atoms with E-state index in [-0.39, 0.29) is 10.1 Å². The average molecular weight is 309 g/mol. The van der Waals surface area contributed by atoms with E-state index in [2.05, 4.69) is 0 Å². The first-order valence-electron chi connectivity index (χ1n) is 6.12. The fourth-order valence-corrected chi connectivity index (χ4v) is 2.28. The fourth-order valence-electron chi connectivity index (χ4n) is 1.82. The molecule has 2 rings (SSSR count). The molecule has 2 atom stereocenters. The molecule has 0 aliphatic heterocycles. The van der Waals surface area contributed by atoms with E-state index in [1.807, 2.05) is 12.1 Å². The summed E-state index contributed by atoms with van der Waals surface area (Å²) >= 11 is 12.2. The van der Waals surface area contributed by atoms with Gasteiger partial charge in [0.1, 0.15) is 12.2 Å². The predicted molar refractivity (Wildman–Crippen MR) is 81.5 cm³/mol. The molecule has 0 aromatic heterocycles. The van der Waals surface area contributed by atoms with Crippen molar-refractivity contribution in [3.05, 3.63) is 81.9 Å². The normalized spacial score (nSPS) is 15.4. The molecule has 0 spiro atoms. The van der Waals surface area contributed by atoms with Crippen LogP contribution in [0.25, 0.3) is 0 Å². The van der Waals surface area contributed by atoms with Crippen molar-refractivity contribution in [3.8, 4) is 0 Å². The predicted octanol–water partition coefficient (Wildman–Crippen LogP) is 4.14. The van der Waals surface area contributed by atoms with Crippen molar-refractivity contribution in [2.24, 2.45) is 0 Å². The summed E-state index contributed by atoms with van der Waals surface area (Å²) in [4.78, 5) is 0. The van der Waals surface area contributed by atoms with Crippen LogP contribution in [0.4, 0.5) is 0 Å². The summed E-state index contributed by atoms with van der Waals surface area (Å²) in [5.74, 6) is 0. The highest BCUT2D eigenvalue weighted by Gasteiger charge is 2.21. The van der Waals surface area contributed by atoms with Gasteiger partial charge in [0.25, 0.3) is 0 Å². The third-order valence-electron chi connectivity index (χ3n) is 2.94. The molecule has 2 N–H and O–H groups in total. The molecule has 0 saturated carbocycles. The molecule has 0 saturated heterocycles. The molecule has 2 nitrogen and oxygen atoms in total. The van der Waals surface area contributed by atoms with Gasteiger partial charge in [0, 0.05) is 0 Å². The Kier molecular flexibility index (Phi) is 5.21. The van der Waals surface area contributed by atoms with Gasteiger partial charge in [0.05, 0.1) is 10.1 Å². The molecule has 0 heterocycles. The highest BCUT2D eigenvalue weighted by Crippen LogP contribution is 2.35. The Morgan fingerprint density at radius 2 is 0.950 bits per heavy atom. The van der Waals surface area contributed by atoms with Crippen molar-refractivity contribution < 1.29 is 10.2 Å². The Bertz CT molecular complexity index is 528. The lowest BCUT2D eigenvalue weighted by molar-refractivity contribution is 0.204. The topological polar surface area (TPSA) is 40.5 Å². The number of rotatable bonds is 4. The Labute approximate surface area is 127 Å². The SMILES string of the molecule is OC(/C(Cl)=C(\Cl)C(O)c1ccccc1)c1ccccc1. The summed E-state index contributed by atoms with van der Waals surface area (Å²) in [5.41, 5.74) is 1.24. The standard InChI is InChI=1S/C16H14Cl2O2/c17-13(15(19)11-7-3-1-4-8-11)14(18)16(20)12-9-5-2-6-10-12/h1-10,15-16,19-20H/b14-13+. The van der Waals surface area contributed by atoms with Gasteiger partial charge in [0.15, 0.2) is 0 Å². The van der Waals surface area contributed by atoms with E-state index in [1.165, 1.54) is 0 Å². The Hall–Kier alpha value is -1.32. The number of hydrogen-bond donors (Lipinski definition) is 2. The molecule has 0 amide bonds. The zero-order chi connectivity index (χ0) is 14.5. The average Bonchev–Trinajstić information content (AvgIpc) is 2.53. The van der Waals surface area contributed by atoms with E-state index in [9.17, 15) is 10.2 Å². The lowest BCUT2D eigenvalue weighted by atomic mass is 10.1. The third kappa shape index (κ3) is 3.41. The second-order valence-corrected chi connectivity index (χ2v) is 5.14. The largest absolute Gasteiger partial charge is 0.383 e.